The Bertz CT molecular complexity index is 819. The second-order valence-corrected chi connectivity index (χ2v) is 5.55. The first-order valence-electron chi connectivity index (χ1n) is 6.20. The van der Waals surface area contributed by atoms with E-state index in [4.69, 9.17) is 39.5 Å². The minimum Gasteiger partial charge on any atom is -0.495 e. The lowest BCUT2D eigenvalue weighted by molar-refractivity contribution is 0.415. The third-order valence-corrected chi connectivity index (χ3v) is 4.27. The molecule has 0 unspecified atom stereocenters. The molecule has 3 aromatic rings. The number of methoxy groups -OCH3 is 1. The van der Waals surface area contributed by atoms with Crippen LogP contribution >= 0.6 is 34.8 Å². The van der Waals surface area contributed by atoms with Crippen LogP contribution in [0, 0.1) is 0 Å². The number of rotatable bonds is 2. The third-order valence-electron chi connectivity index (χ3n) is 3.24. The quantitative estimate of drug-likeness (QED) is 0.545. The van der Waals surface area contributed by atoms with Crippen molar-refractivity contribution in [2.45, 2.75) is 0 Å². The van der Waals surface area contributed by atoms with E-state index in [-0.39, 0.29) is 0 Å². The van der Waals surface area contributed by atoms with Crippen molar-refractivity contribution in [1.29, 1.82) is 0 Å². The highest BCUT2D eigenvalue weighted by molar-refractivity contribution is 6.44. The van der Waals surface area contributed by atoms with Crippen LogP contribution in [-0.4, -0.2) is 12.1 Å². The SMILES string of the molecule is COc1ccc2c(Cl)c(-c3ccccc3)c(Cl)nc2c1Cl. The van der Waals surface area contributed by atoms with E-state index in [9.17, 15) is 0 Å². The molecule has 0 fully saturated rings. The van der Waals surface area contributed by atoms with E-state index in [1.165, 1.54) is 0 Å². The Kier molecular flexibility index (Phi) is 3.94. The topological polar surface area (TPSA) is 22.1 Å². The van der Waals surface area contributed by atoms with E-state index in [0.29, 0.717) is 32.0 Å². The van der Waals surface area contributed by atoms with E-state index in [1.807, 2.05) is 36.4 Å². The molecule has 0 saturated heterocycles. The lowest BCUT2D eigenvalue weighted by Gasteiger charge is -2.12. The van der Waals surface area contributed by atoms with Crippen LogP contribution in [0.15, 0.2) is 42.5 Å². The van der Waals surface area contributed by atoms with Gasteiger partial charge in [0, 0.05) is 10.9 Å². The second-order valence-electron chi connectivity index (χ2n) is 4.44. The first kappa shape index (κ1) is 14.5. The van der Waals surface area contributed by atoms with Gasteiger partial charge in [0.2, 0.25) is 0 Å². The predicted octanol–water partition coefficient (Wildman–Crippen LogP) is 5.87. The average Bonchev–Trinajstić information content (AvgIpc) is 2.50. The van der Waals surface area contributed by atoms with Gasteiger partial charge in [-0.05, 0) is 17.7 Å². The molecule has 2 aromatic carbocycles. The Hall–Kier alpha value is -1.48. The van der Waals surface area contributed by atoms with Crippen LogP contribution in [0.4, 0.5) is 0 Å². The highest BCUT2D eigenvalue weighted by Gasteiger charge is 2.17. The first-order chi connectivity index (χ1) is 10.1. The molecule has 3 rings (SSSR count). The second kappa shape index (κ2) is 5.72. The summed E-state index contributed by atoms with van der Waals surface area (Å²) in [5, 5.41) is 1.98. The number of halogens is 3. The van der Waals surface area contributed by atoms with Crippen LogP contribution in [0.2, 0.25) is 15.2 Å². The molecule has 0 aliphatic rings. The highest BCUT2D eigenvalue weighted by Crippen LogP contribution is 2.42. The minimum absolute atomic E-state index is 0.314. The third kappa shape index (κ3) is 2.44. The normalized spacial score (nSPS) is 10.9. The highest BCUT2D eigenvalue weighted by atomic mass is 35.5. The van der Waals surface area contributed by atoms with Crippen molar-refractivity contribution in [1.82, 2.24) is 4.98 Å². The van der Waals surface area contributed by atoms with E-state index in [2.05, 4.69) is 4.98 Å². The Morgan fingerprint density at radius 3 is 2.29 bits per heavy atom. The molecular weight excluding hydrogens is 329 g/mol. The number of benzene rings is 2. The van der Waals surface area contributed by atoms with Crippen LogP contribution in [0.3, 0.4) is 0 Å². The molecule has 1 heterocycles. The fourth-order valence-corrected chi connectivity index (χ4v) is 3.19. The van der Waals surface area contributed by atoms with E-state index >= 15 is 0 Å². The zero-order chi connectivity index (χ0) is 15.0. The number of pyridine rings is 1. The lowest BCUT2D eigenvalue weighted by atomic mass is 10.0. The van der Waals surface area contributed by atoms with Gasteiger partial charge in [0.15, 0.2) is 0 Å². The van der Waals surface area contributed by atoms with E-state index in [1.54, 1.807) is 13.2 Å². The van der Waals surface area contributed by atoms with Crippen molar-refractivity contribution >= 4 is 45.7 Å². The number of hydrogen-bond donors (Lipinski definition) is 0. The molecule has 0 aliphatic heterocycles. The minimum atomic E-state index is 0.314. The molecule has 0 saturated carbocycles. The molecule has 0 N–H and O–H groups in total. The van der Waals surface area contributed by atoms with E-state index in [0.717, 1.165) is 10.9 Å². The average molecular weight is 339 g/mol. The number of aromatic nitrogens is 1. The summed E-state index contributed by atoms with van der Waals surface area (Å²) in [6, 6.07) is 13.2. The molecule has 1 aromatic heterocycles. The van der Waals surface area contributed by atoms with Crippen molar-refractivity contribution in [2.75, 3.05) is 7.11 Å². The predicted molar refractivity (Wildman–Crippen MR) is 88.8 cm³/mol. The zero-order valence-corrected chi connectivity index (χ0v) is 13.3. The summed E-state index contributed by atoms with van der Waals surface area (Å²) in [5.41, 5.74) is 2.15. The maximum Gasteiger partial charge on any atom is 0.139 e. The smallest absolute Gasteiger partial charge is 0.139 e. The van der Waals surface area contributed by atoms with Crippen LogP contribution in [0.1, 0.15) is 0 Å². The van der Waals surface area contributed by atoms with Gasteiger partial charge in [-0.2, -0.15) is 0 Å². The molecule has 0 radical (unpaired) electrons. The van der Waals surface area contributed by atoms with Gasteiger partial charge in [-0.1, -0.05) is 65.1 Å². The molecule has 0 atom stereocenters. The maximum absolute atomic E-state index is 6.52. The van der Waals surface area contributed by atoms with Crippen molar-refractivity contribution in [3.8, 4) is 16.9 Å². The van der Waals surface area contributed by atoms with E-state index < -0.39 is 0 Å². The summed E-state index contributed by atoms with van der Waals surface area (Å²) in [6.07, 6.45) is 0. The number of fused-ring (bicyclic) bond motifs is 1. The molecule has 2 nitrogen and oxygen atoms in total. The van der Waals surface area contributed by atoms with Gasteiger partial charge in [0.25, 0.3) is 0 Å². The maximum atomic E-state index is 6.52. The Labute approximate surface area is 137 Å². The van der Waals surface area contributed by atoms with Crippen LogP contribution in [0.5, 0.6) is 5.75 Å². The molecule has 0 amide bonds. The zero-order valence-electron chi connectivity index (χ0n) is 11.0. The summed E-state index contributed by atoms with van der Waals surface area (Å²) in [4.78, 5) is 4.39. The van der Waals surface area contributed by atoms with Crippen molar-refractivity contribution in [3.05, 3.63) is 57.7 Å². The summed E-state index contributed by atoms with van der Waals surface area (Å²) in [7, 11) is 1.55. The van der Waals surface area contributed by atoms with Crippen molar-refractivity contribution < 1.29 is 4.74 Å². The molecular formula is C16H10Cl3NO. The molecule has 0 aliphatic carbocycles. The number of nitrogens with zero attached hydrogens (tertiary/aromatic N) is 1. The van der Waals surface area contributed by atoms with Gasteiger partial charge in [-0.3, -0.25) is 0 Å². The van der Waals surface area contributed by atoms with Gasteiger partial charge < -0.3 is 4.74 Å². The number of hydrogen-bond acceptors (Lipinski definition) is 2. The van der Waals surface area contributed by atoms with Gasteiger partial charge in [0.05, 0.1) is 17.6 Å². The monoisotopic (exact) mass is 337 g/mol. The Morgan fingerprint density at radius 2 is 1.62 bits per heavy atom. The fourth-order valence-electron chi connectivity index (χ4n) is 2.22. The fraction of sp³-hybridized carbons (Fsp3) is 0.0625. The number of ether oxygens (including phenoxy) is 1. The van der Waals surface area contributed by atoms with Gasteiger partial charge in [0.1, 0.15) is 15.9 Å². The summed E-state index contributed by atoms with van der Waals surface area (Å²) < 4.78 is 5.19. The summed E-state index contributed by atoms with van der Waals surface area (Å²) >= 11 is 19.1. The van der Waals surface area contributed by atoms with Crippen molar-refractivity contribution in [2.24, 2.45) is 0 Å². The molecule has 5 heteroatoms. The standard InChI is InChI=1S/C16H10Cl3NO/c1-21-11-8-7-10-13(17)12(9-5-3-2-4-6-9)16(19)20-15(10)14(11)18/h2-8H,1H3. The Morgan fingerprint density at radius 1 is 0.905 bits per heavy atom. The summed E-state index contributed by atoms with van der Waals surface area (Å²) in [6.45, 7) is 0. The molecule has 0 bridgehead atoms. The Balaban J connectivity index is 2.35. The largest absolute Gasteiger partial charge is 0.495 e. The van der Waals surface area contributed by atoms with Gasteiger partial charge in [-0.15, -0.1) is 0 Å². The van der Waals surface area contributed by atoms with Gasteiger partial charge >= 0.3 is 0 Å². The van der Waals surface area contributed by atoms with Crippen LogP contribution in [-0.2, 0) is 0 Å². The van der Waals surface area contributed by atoms with Crippen molar-refractivity contribution in [3.63, 3.8) is 0 Å². The summed E-state index contributed by atoms with van der Waals surface area (Å²) in [5.74, 6) is 0.538. The molecule has 0 spiro atoms. The molecule has 21 heavy (non-hydrogen) atoms. The van der Waals surface area contributed by atoms with Crippen LogP contribution in [0.25, 0.3) is 22.0 Å². The first-order valence-corrected chi connectivity index (χ1v) is 7.33. The van der Waals surface area contributed by atoms with Crippen LogP contribution < -0.4 is 4.74 Å². The van der Waals surface area contributed by atoms with Gasteiger partial charge in [-0.25, -0.2) is 4.98 Å². The molecule has 106 valence electrons. The lowest BCUT2D eigenvalue weighted by Crippen LogP contribution is -1.92.